The van der Waals surface area contributed by atoms with Gasteiger partial charge in [-0.1, -0.05) is 6.07 Å². The first-order valence-corrected chi connectivity index (χ1v) is 6.70. The van der Waals surface area contributed by atoms with Crippen molar-refractivity contribution in [2.45, 2.75) is 25.4 Å². The maximum atomic E-state index is 11.1. The minimum Gasteiger partial charge on any atom is -0.486 e. The number of piperidine rings is 1. The lowest BCUT2D eigenvalue weighted by atomic mass is 10.1. The topological polar surface area (TPSA) is 59.6 Å². The third kappa shape index (κ3) is 2.98. The van der Waals surface area contributed by atoms with Crippen molar-refractivity contribution in [1.82, 2.24) is 10.6 Å². The molecule has 0 bridgehead atoms. The summed E-state index contributed by atoms with van der Waals surface area (Å²) in [6, 6.07) is 6.37. The molecule has 0 aliphatic carbocycles. The van der Waals surface area contributed by atoms with Gasteiger partial charge < -0.3 is 20.1 Å². The van der Waals surface area contributed by atoms with Crippen LogP contribution in [-0.2, 0) is 11.3 Å². The highest BCUT2D eigenvalue weighted by Gasteiger charge is 2.17. The van der Waals surface area contributed by atoms with Gasteiger partial charge in [0.15, 0.2) is 11.5 Å². The van der Waals surface area contributed by atoms with E-state index < -0.39 is 0 Å². The minimum absolute atomic E-state index is 0.150. The molecule has 1 aromatic rings. The number of amides is 1. The number of carbonyl (C=O) groups excluding carboxylic acids is 1. The fourth-order valence-electron chi connectivity index (χ4n) is 2.37. The van der Waals surface area contributed by atoms with E-state index in [1.54, 1.807) is 0 Å². The van der Waals surface area contributed by atoms with Crippen LogP contribution < -0.4 is 20.1 Å². The van der Waals surface area contributed by atoms with Crippen molar-refractivity contribution < 1.29 is 14.3 Å². The van der Waals surface area contributed by atoms with E-state index in [0.717, 1.165) is 24.5 Å². The first kappa shape index (κ1) is 12.3. The summed E-state index contributed by atoms with van der Waals surface area (Å²) in [6.07, 6.45) is 1.51. The summed E-state index contributed by atoms with van der Waals surface area (Å²) < 4.78 is 11.1. The Morgan fingerprint density at radius 2 is 2.11 bits per heavy atom. The highest BCUT2D eigenvalue weighted by Crippen LogP contribution is 2.30. The first-order chi connectivity index (χ1) is 9.31. The molecule has 1 aromatic carbocycles. The third-order valence-corrected chi connectivity index (χ3v) is 3.47. The van der Waals surface area contributed by atoms with Crippen LogP contribution in [0, 0.1) is 0 Å². The Morgan fingerprint density at radius 3 is 2.89 bits per heavy atom. The zero-order valence-corrected chi connectivity index (χ0v) is 10.8. The average Bonchev–Trinajstić information content (AvgIpc) is 2.46. The van der Waals surface area contributed by atoms with Crippen molar-refractivity contribution in [3.63, 3.8) is 0 Å². The van der Waals surface area contributed by atoms with Gasteiger partial charge in [0.05, 0.1) is 0 Å². The van der Waals surface area contributed by atoms with Crippen molar-refractivity contribution in [3.8, 4) is 11.5 Å². The van der Waals surface area contributed by atoms with E-state index in [9.17, 15) is 4.79 Å². The van der Waals surface area contributed by atoms with Crippen LogP contribution in [0.1, 0.15) is 18.4 Å². The molecule has 2 aliphatic rings. The fourth-order valence-corrected chi connectivity index (χ4v) is 2.37. The van der Waals surface area contributed by atoms with Crippen molar-refractivity contribution in [3.05, 3.63) is 23.8 Å². The van der Waals surface area contributed by atoms with E-state index in [1.807, 2.05) is 18.2 Å². The molecule has 0 radical (unpaired) electrons. The molecular weight excluding hydrogens is 244 g/mol. The second-order valence-corrected chi connectivity index (χ2v) is 4.90. The zero-order chi connectivity index (χ0) is 13.1. The van der Waals surface area contributed by atoms with Crippen molar-refractivity contribution >= 4 is 5.91 Å². The molecule has 0 aromatic heterocycles. The number of nitrogens with one attached hydrogen (secondary N) is 2. The summed E-state index contributed by atoms with van der Waals surface area (Å²) in [6.45, 7) is 2.71. The zero-order valence-electron chi connectivity index (χ0n) is 10.8. The second kappa shape index (κ2) is 5.48. The van der Waals surface area contributed by atoms with E-state index in [4.69, 9.17) is 9.47 Å². The summed E-state index contributed by atoms with van der Waals surface area (Å²) in [5.41, 5.74) is 1.17. The predicted molar refractivity (Wildman–Crippen MR) is 70.3 cm³/mol. The molecule has 2 N–H and O–H groups in total. The van der Waals surface area contributed by atoms with E-state index >= 15 is 0 Å². The lowest BCUT2D eigenvalue weighted by molar-refractivity contribution is -0.122. The Kier molecular flexibility index (Phi) is 3.55. The van der Waals surface area contributed by atoms with Gasteiger partial charge >= 0.3 is 0 Å². The van der Waals surface area contributed by atoms with Gasteiger partial charge in [0, 0.05) is 25.6 Å². The molecule has 1 saturated heterocycles. The smallest absolute Gasteiger partial charge is 0.220 e. The molecule has 0 saturated carbocycles. The number of hydrogen-bond donors (Lipinski definition) is 2. The van der Waals surface area contributed by atoms with Gasteiger partial charge in [0.2, 0.25) is 5.91 Å². The molecule has 1 atom stereocenters. The van der Waals surface area contributed by atoms with Gasteiger partial charge in [-0.2, -0.15) is 0 Å². The molecule has 19 heavy (non-hydrogen) atoms. The van der Waals surface area contributed by atoms with Gasteiger partial charge in [-0.15, -0.1) is 0 Å². The van der Waals surface area contributed by atoms with Crippen molar-refractivity contribution in [2.75, 3.05) is 19.8 Å². The van der Waals surface area contributed by atoms with E-state index in [2.05, 4.69) is 10.6 Å². The normalized spacial score (nSPS) is 21.9. The Morgan fingerprint density at radius 1 is 1.26 bits per heavy atom. The maximum Gasteiger partial charge on any atom is 0.220 e. The van der Waals surface area contributed by atoms with Crippen LogP contribution in [0.4, 0.5) is 0 Å². The lowest BCUT2D eigenvalue weighted by Gasteiger charge is -2.24. The molecule has 3 rings (SSSR count). The van der Waals surface area contributed by atoms with Gasteiger partial charge in [-0.05, 0) is 24.1 Å². The van der Waals surface area contributed by atoms with Crippen LogP contribution in [-0.4, -0.2) is 31.7 Å². The molecule has 1 unspecified atom stereocenters. The highest BCUT2D eigenvalue weighted by atomic mass is 16.6. The molecule has 102 valence electrons. The van der Waals surface area contributed by atoms with E-state index in [1.165, 1.54) is 5.56 Å². The van der Waals surface area contributed by atoms with Crippen LogP contribution in [0.25, 0.3) is 0 Å². The Balaban J connectivity index is 1.56. The molecule has 2 aliphatic heterocycles. The summed E-state index contributed by atoms with van der Waals surface area (Å²) in [5, 5.41) is 6.33. The van der Waals surface area contributed by atoms with Crippen LogP contribution in [0.3, 0.4) is 0 Å². The fraction of sp³-hybridized carbons (Fsp3) is 0.500. The standard InChI is InChI=1S/C14H18N2O3/c17-14-4-2-11(9-16-14)15-8-10-1-3-12-13(7-10)19-6-5-18-12/h1,3,7,11,15H,2,4-6,8-9H2,(H,16,17). The molecular formula is C14H18N2O3. The minimum atomic E-state index is 0.150. The van der Waals surface area contributed by atoms with Crippen LogP contribution >= 0.6 is 0 Å². The summed E-state index contributed by atoms with van der Waals surface area (Å²) >= 11 is 0. The number of benzene rings is 1. The maximum absolute atomic E-state index is 11.1. The molecule has 5 heteroatoms. The quantitative estimate of drug-likeness (QED) is 0.847. The van der Waals surface area contributed by atoms with Crippen molar-refractivity contribution in [1.29, 1.82) is 0 Å². The molecule has 5 nitrogen and oxygen atoms in total. The van der Waals surface area contributed by atoms with Crippen LogP contribution in [0.2, 0.25) is 0 Å². The molecule has 0 spiro atoms. The Bertz CT molecular complexity index is 466. The molecule has 2 heterocycles. The molecule has 1 amide bonds. The van der Waals surface area contributed by atoms with E-state index in [0.29, 0.717) is 32.2 Å². The van der Waals surface area contributed by atoms with Gasteiger partial charge in [0.1, 0.15) is 13.2 Å². The number of fused-ring (bicyclic) bond motifs is 1. The van der Waals surface area contributed by atoms with Crippen LogP contribution in [0.15, 0.2) is 18.2 Å². The van der Waals surface area contributed by atoms with Crippen LogP contribution in [0.5, 0.6) is 11.5 Å². The number of hydrogen-bond acceptors (Lipinski definition) is 4. The summed E-state index contributed by atoms with van der Waals surface area (Å²) in [5.74, 6) is 1.79. The average molecular weight is 262 g/mol. The number of ether oxygens (including phenoxy) is 2. The second-order valence-electron chi connectivity index (χ2n) is 4.90. The molecule has 1 fully saturated rings. The van der Waals surface area contributed by atoms with E-state index in [-0.39, 0.29) is 5.91 Å². The third-order valence-electron chi connectivity index (χ3n) is 3.47. The van der Waals surface area contributed by atoms with Gasteiger partial charge in [-0.25, -0.2) is 0 Å². The summed E-state index contributed by atoms with van der Waals surface area (Å²) in [4.78, 5) is 11.1. The van der Waals surface area contributed by atoms with Gasteiger partial charge in [0.25, 0.3) is 0 Å². The largest absolute Gasteiger partial charge is 0.486 e. The SMILES string of the molecule is O=C1CCC(NCc2ccc3c(c2)OCCO3)CN1. The monoisotopic (exact) mass is 262 g/mol. The number of carbonyl (C=O) groups is 1. The lowest BCUT2D eigenvalue weighted by Crippen LogP contribution is -2.45. The first-order valence-electron chi connectivity index (χ1n) is 6.70. The summed E-state index contributed by atoms with van der Waals surface area (Å²) in [7, 11) is 0. The highest BCUT2D eigenvalue weighted by molar-refractivity contribution is 5.76. The predicted octanol–water partition coefficient (Wildman–Crippen LogP) is 0.826. The number of rotatable bonds is 3. The van der Waals surface area contributed by atoms with Crippen molar-refractivity contribution in [2.24, 2.45) is 0 Å². The van der Waals surface area contributed by atoms with Gasteiger partial charge in [-0.3, -0.25) is 4.79 Å². The Hall–Kier alpha value is -1.75. The Labute approximate surface area is 112 Å².